The predicted molar refractivity (Wildman–Crippen MR) is 117 cm³/mol. The van der Waals surface area contributed by atoms with Gasteiger partial charge in [-0.25, -0.2) is 18.7 Å². The summed E-state index contributed by atoms with van der Waals surface area (Å²) in [7, 11) is 0. The molecule has 2 aromatic carbocycles. The molecule has 0 aliphatic heterocycles. The minimum atomic E-state index is -1.65. The fourth-order valence-electron chi connectivity index (χ4n) is 3.74. The first-order valence-corrected chi connectivity index (χ1v) is 9.83. The molecule has 0 bridgehead atoms. The molecule has 0 unspecified atom stereocenters. The lowest BCUT2D eigenvalue weighted by atomic mass is 10.0. The molecule has 2 heterocycles. The number of nitrogens with zero attached hydrogens (tertiary/aromatic N) is 3. The predicted octanol–water partition coefficient (Wildman–Crippen LogP) is 3.85. The smallest absolute Gasteiger partial charge is 0.257 e. The van der Waals surface area contributed by atoms with Crippen molar-refractivity contribution in [1.29, 1.82) is 0 Å². The van der Waals surface area contributed by atoms with Crippen molar-refractivity contribution in [1.82, 2.24) is 14.4 Å². The third-order valence-electron chi connectivity index (χ3n) is 5.34. The van der Waals surface area contributed by atoms with Crippen molar-refractivity contribution >= 4 is 22.9 Å². The molecule has 0 fully saturated rings. The van der Waals surface area contributed by atoms with Crippen LogP contribution in [0.1, 0.15) is 28.7 Å². The fraction of sp³-hybridized carbons (Fsp3) is 0.174. The largest absolute Gasteiger partial charge is 0.382 e. The number of carbonyl (C=O) groups is 1. The number of benzene rings is 2. The number of rotatable bonds is 4. The van der Waals surface area contributed by atoms with Crippen LogP contribution in [0.5, 0.6) is 0 Å². The summed E-state index contributed by atoms with van der Waals surface area (Å²) in [5, 5.41) is 12.6. The maximum absolute atomic E-state index is 15.2. The summed E-state index contributed by atoms with van der Waals surface area (Å²) < 4.78 is 30.4. The Balaban J connectivity index is 1.70. The molecular weight excluding hydrogens is 416 g/mol. The molecular formula is C23H21F2N5O2. The number of carbonyl (C=O) groups excluding carboxylic acids is 1. The van der Waals surface area contributed by atoms with Crippen LogP contribution in [0.4, 0.5) is 20.3 Å². The maximum Gasteiger partial charge on any atom is 0.257 e. The third-order valence-corrected chi connectivity index (χ3v) is 5.34. The number of amides is 1. The lowest BCUT2D eigenvalue weighted by Gasteiger charge is -2.14. The number of aliphatic hydroxyl groups excluding tert-OH is 1. The standard InChI is InChI=1S/C23H21F2N5O2/c1-11-10-27-22(26)20-19(28-13(3)30(11)20)16-7-8-17(18(25)12(16)2)29-23(32)21(31)14-5-4-6-15(24)9-14/h4-10,21,31H,1-3H3,(H2,26,27)(H,29,32)/t21-/m0/s1. The second-order valence-corrected chi connectivity index (χ2v) is 7.52. The summed E-state index contributed by atoms with van der Waals surface area (Å²) in [4.78, 5) is 21.2. The summed E-state index contributed by atoms with van der Waals surface area (Å²) in [6.07, 6.45) is -0.0183. The number of nitrogens with two attached hydrogens (primary N) is 1. The third kappa shape index (κ3) is 3.56. The molecule has 32 heavy (non-hydrogen) atoms. The van der Waals surface area contributed by atoms with E-state index < -0.39 is 23.6 Å². The average molecular weight is 437 g/mol. The molecule has 0 saturated carbocycles. The van der Waals surface area contributed by atoms with Crippen LogP contribution >= 0.6 is 0 Å². The lowest BCUT2D eigenvalue weighted by molar-refractivity contribution is -0.124. The number of nitrogen functional groups attached to an aromatic ring is 1. The molecule has 1 atom stereocenters. The van der Waals surface area contributed by atoms with Crippen LogP contribution < -0.4 is 11.1 Å². The van der Waals surface area contributed by atoms with Gasteiger partial charge in [0, 0.05) is 17.5 Å². The van der Waals surface area contributed by atoms with E-state index in [-0.39, 0.29) is 22.6 Å². The number of aromatic nitrogens is 3. The van der Waals surface area contributed by atoms with Crippen molar-refractivity contribution in [2.45, 2.75) is 26.9 Å². The molecule has 1 amide bonds. The zero-order valence-corrected chi connectivity index (χ0v) is 17.6. The van der Waals surface area contributed by atoms with Crippen LogP contribution in [0.25, 0.3) is 16.8 Å². The minimum absolute atomic E-state index is 0.0644. The molecule has 0 saturated heterocycles. The molecule has 0 spiro atoms. The number of fused-ring (bicyclic) bond motifs is 1. The van der Waals surface area contributed by atoms with Gasteiger partial charge in [0.15, 0.2) is 6.10 Å². The van der Waals surface area contributed by atoms with Crippen LogP contribution in [0.15, 0.2) is 42.6 Å². The Labute approximate surface area is 182 Å². The van der Waals surface area contributed by atoms with Gasteiger partial charge >= 0.3 is 0 Å². The Bertz CT molecular complexity index is 1370. The van der Waals surface area contributed by atoms with Crippen molar-refractivity contribution in [3.8, 4) is 11.3 Å². The first-order chi connectivity index (χ1) is 15.2. The fourth-order valence-corrected chi connectivity index (χ4v) is 3.74. The summed E-state index contributed by atoms with van der Waals surface area (Å²) in [5.41, 5.74) is 8.65. The van der Waals surface area contributed by atoms with Crippen molar-refractivity contribution in [3.63, 3.8) is 0 Å². The summed E-state index contributed by atoms with van der Waals surface area (Å²) in [5.74, 6) is -1.21. The lowest BCUT2D eigenvalue weighted by Crippen LogP contribution is -2.21. The van der Waals surface area contributed by atoms with Gasteiger partial charge < -0.3 is 16.2 Å². The van der Waals surface area contributed by atoms with E-state index in [0.29, 0.717) is 22.6 Å². The van der Waals surface area contributed by atoms with E-state index in [4.69, 9.17) is 5.73 Å². The number of nitrogens with one attached hydrogen (secondary N) is 1. The molecule has 2 aromatic heterocycles. The highest BCUT2D eigenvalue weighted by molar-refractivity contribution is 5.95. The molecule has 0 aliphatic carbocycles. The van der Waals surface area contributed by atoms with E-state index in [1.54, 1.807) is 19.2 Å². The maximum atomic E-state index is 15.2. The molecule has 4 N–H and O–H groups in total. The molecule has 0 aliphatic rings. The zero-order valence-electron chi connectivity index (χ0n) is 17.6. The molecule has 4 aromatic rings. The van der Waals surface area contributed by atoms with Crippen molar-refractivity contribution in [2.75, 3.05) is 11.1 Å². The zero-order chi connectivity index (χ0) is 23.2. The molecule has 7 nitrogen and oxygen atoms in total. The number of aliphatic hydroxyl groups is 1. The summed E-state index contributed by atoms with van der Waals surface area (Å²) in [6, 6.07) is 8.02. The highest BCUT2D eigenvalue weighted by Gasteiger charge is 2.23. The normalized spacial score (nSPS) is 12.2. The van der Waals surface area contributed by atoms with Gasteiger partial charge in [-0.1, -0.05) is 18.2 Å². The number of imidazole rings is 1. The Hall–Kier alpha value is -3.85. The Morgan fingerprint density at radius 1 is 1.19 bits per heavy atom. The van der Waals surface area contributed by atoms with E-state index in [1.807, 2.05) is 18.2 Å². The first kappa shape index (κ1) is 21.4. The van der Waals surface area contributed by atoms with Gasteiger partial charge in [-0.3, -0.25) is 9.20 Å². The van der Waals surface area contributed by atoms with Crippen LogP contribution in [0.2, 0.25) is 0 Å². The number of anilines is 2. The molecule has 0 radical (unpaired) electrons. The van der Waals surface area contributed by atoms with Crippen molar-refractivity contribution in [3.05, 3.63) is 76.9 Å². The van der Waals surface area contributed by atoms with E-state index in [2.05, 4.69) is 15.3 Å². The average Bonchev–Trinajstić information content (AvgIpc) is 3.11. The van der Waals surface area contributed by atoms with E-state index in [9.17, 15) is 14.3 Å². The SMILES string of the molecule is Cc1c(-c2nc(C)n3c(C)cnc(N)c23)ccc(NC(=O)[C@@H](O)c2cccc(F)c2)c1F. The Morgan fingerprint density at radius 2 is 1.94 bits per heavy atom. The summed E-state index contributed by atoms with van der Waals surface area (Å²) in [6.45, 7) is 5.24. The highest BCUT2D eigenvalue weighted by Crippen LogP contribution is 2.34. The van der Waals surface area contributed by atoms with Gasteiger partial charge in [0.2, 0.25) is 0 Å². The van der Waals surface area contributed by atoms with Gasteiger partial charge in [-0.15, -0.1) is 0 Å². The van der Waals surface area contributed by atoms with Crippen LogP contribution in [-0.2, 0) is 4.79 Å². The van der Waals surface area contributed by atoms with Crippen LogP contribution in [0, 0.1) is 32.4 Å². The van der Waals surface area contributed by atoms with Gasteiger partial charge in [-0.2, -0.15) is 0 Å². The number of halogens is 2. The molecule has 4 rings (SSSR count). The topological polar surface area (TPSA) is 106 Å². The molecule has 164 valence electrons. The van der Waals surface area contributed by atoms with E-state index >= 15 is 4.39 Å². The quantitative estimate of drug-likeness (QED) is 0.450. The Kier molecular flexibility index (Phi) is 5.35. The number of aryl methyl sites for hydroxylation is 2. The number of hydrogen-bond acceptors (Lipinski definition) is 5. The van der Waals surface area contributed by atoms with Gasteiger partial charge in [0.05, 0.1) is 5.69 Å². The van der Waals surface area contributed by atoms with Gasteiger partial charge in [0.1, 0.15) is 34.5 Å². The second kappa shape index (κ2) is 8.01. The monoisotopic (exact) mass is 437 g/mol. The summed E-state index contributed by atoms with van der Waals surface area (Å²) >= 11 is 0. The Morgan fingerprint density at radius 3 is 2.66 bits per heavy atom. The highest BCUT2D eigenvalue weighted by atomic mass is 19.1. The van der Waals surface area contributed by atoms with Crippen molar-refractivity contribution < 1.29 is 18.7 Å². The van der Waals surface area contributed by atoms with Crippen LogP contribution in [0.3, 0.4) is 0 Å². The van der Waals surface area contributed by atoms with Gasteiger partial charge in [0.25, 0.3) is 5.91 Å². The van der Waals surface area contributed by atoms with Crippen LogP contribution in [-0.4, -0.2) is 25.4 Å². The number of hydrogen-bond donors (Lipinski definition) is 3. The van der Waals surface area contributed by atoms with Gasteiger partial charge in [-0.05, 0) is 50.1 Å². The second-order valence-electron chi connectivity index (χ2n) is 7.52. The van der Waals surface area contributed by atoms with E-state index in [1.165, 1.54) is 24.3 Å². The minimum Gasteiger partial charge on any atom is -0.382 e. The van der Waals surface area contributed by atoms with E-state index in [0.717, 1.165) is 11.8 Å². The van der Waals surface area contributed by atoms with Crippen molar-refractivity contribution in [2.24, 2.45) is 0 Å². The molecule has 9 heteroatoms. The first-order valence-electron chi connectivity index (χ1n) is 9.83.